The number of aromatic nitrogens is 6. The number of fused-ring (bicyclic) bond motifs is 3. The van der Waals surface area contributed by atoms with E-state index >= 15 is 0 Å². The molecule has 18 nitrogen and oxygen atoms in total. The van der Waals surface area contributed by atoms with Gasteiger partial charge in [0.25, 0.3) is 5.56 Å². The lowest BCUT2D eigenvalue weighted by Gasteiger charge is -2.09. The molecule has 3 aromatic heterocycles. The van der Waals surface area contributed by atoms with Gasteiger partial charge in [0, 0.05) is 27.7 Å². The van der Waals surface area contributed by atoms with Crippen LogP contribution in [0.5, 0.6) is 17.2 Å². The summed E-state index contributed by atoms with van der Waals surface area (Å²) in [5, 5.41) is 16.3. The molecule has 0 amide bonds. The van der Waals surface area contributed by atoms with Crippen molar-refractivity contribution in [1.82, 2.24) is 29.9 Å². The van der Waals surface area contributed by atoms with Crippen LogP contribution in [0.25, 0.3) is 32.7 Å². The van der Waals surface area contributed by atoms with E-state index in [9.17, 15) is 14.4 Å². The summed E-state index contributed by atoms with van der Waals surface area (Å²) >= 11 is 0. The molecule has 332 valence electrons. The van der Waals surface area contributed by atoms with Crippen LogP contribution in [-0.4, -0.2) is 69.6 Å². The molecule has 3 heterocycles. The van der Waals surface area contributed by atoms with Crippen molar-refractivity contribution >= 4 is 73.7 Å². The molecule has 0 spiro atoms. The van der Waals surface area contributed by atoms with Gasteiger partial charge < -0.3 is 30.4 Å². The number of nitrogens with one attached hydrogen (secondary N) is 3. The van der Waals surface area contributed by atoms with E-state index in [1.54, 1.807) is 95.1 Å². The molecule has 0 saturated carbocycles. The molecule has 0 radical (unpaired) electrons. The van der Waals surface area contributed by atoms with E-state index in [-0.39, 0.29) is 17.3 Å². The number of para-hydroxylation sites is 2. The number of H-pyrrole nitrogens is 1. The third kappa shape index (κ3) is 12.4. The summed E-state index contributed by atoms with van der Waals surface area (Å²) in [5.74, 6) is 2.74. The molecule has 0 atom stereocenters. The molecule has 8 aromatic rings. The second-order valence-corrected chi connectivity index (χ2v) is 13.6. The molecule has 0 aliphatic rings. The Morgan fingerprint density at radius 3 is 1.77 bits per heavy atom. The van der Waals surface area contributed by atoms with Crippen LogP contribution in [0.1, 0.15) is 46.0 Å². The zero-order valence-corrected chi connectivity index (χ0v) is 36.7. The Hall–Kier alpha value is -8.85. The molecule has 5 aromatic carbocycles. The number of methoxy groups -OCH3 is 3. The summed E-state index contributed by atoms with van der Waals surface area (Å²) in [6.07, 6.45) is 1.80. The lowest BCUT2D eigenvalue weighted by molar-refractivity contribution is 0.0527. The minimum absolute atomic E-state index is 0.0496. The molecule has 65 heavy (non-hydrogen) atoms. The Balaban J connectivity index is 0.000000172. The topological polar surface area (TPSA) is 268 Å². The highest BCUT2D eigenvalue weighted by molar-refractivity contribution is 5.99. The molecule has 0 bridgehead atoms. The zero-order chi connectivity index (χ0) is 47.0. The van der Waals surface area contributed by atoms with Gasteiger partial charge >= 0.3 is 5.97 Å². The van der Waals surface area contributed by atoms with E-state index in [1.165, 1.54) is 6.92 Å². The number of hydrogen-bond donors (Lipinski definition) is 5. The van der Waals surface area contributed by atoms with E-state index in [0.29, 0.717) is 63.6 Å². The second kappa shape index (κ2) is 22.3. The summed E-state index contributed by atoms with van der Waals surface area (Å²) in [6.45, 7) is 7.37. The number of Topliss-reactive ketones (excluding diaryl/α,β-unsaturated/α-hetero) is 1. The predicted molar refractivity (Wildman–Crippen MR) is 251 cm³/mol. The van der Waals surface area contributed by atoms with E-state index < -0.39 is 0 Å². The normalized spacial score (nSPS) is 10.1. The molecule has 7 N–H and O–H groups in total. The van der Waals surface area contributed by atoms with Gasteiger partial charge in [-0.2, -0.15) is 5.26 Å². The van der Waals surface area contributed by atoms with Crippen molar-refractivity contribution in [2.75, 3.05) is 50.0 Å². The standard InChI is InChI=1S/C18H15N5O2.C11H10N4O.2C9H11NO2/c1-10-13-9-11(25-2)7-8-15(13)21-17(19-10)23-18-20-14-6-4-3-5-12(14)16(24)22-18;1-7-9-5-8(16-2)3-4-10(9)15-11(14-7)13-6-12;1-6(11)8-5-7(12-2)3-4-9(8)10;1-2-12-9(11)7-5-3-4-6-8(7)10/h3-9H,1-2H3,(H2,19,20,21,22,23,24);3-5H,1-2H3,(H,13,14,15);3-5H,10H2,1-2H3;3-6H,2,10H2,1H3. The highest BCUT2D eigenvalue weighted by atomic mass is 16.5. The van der Waals surface area contributed by atoms with Crippen LogP contribution in [0, 0.1) is 25.3 Å². The van der Waals surface area contributed by atoms with Crippen LogP contribution in [0.3, 0.4) is 0 Å². The van der Waals surface area contributed by atoms with Crippen molar-refractivity contribution in [3.05, 3.63) is 136 Å². The molecular weight excluding hydrogens is 831 g/mol. The number of hydrogen-bond acceptors (Lipinski definition) is 17. The minimum atomic E-state index is -0.365. The highest BCUT2D eigenvalue weighted by Gasteiger charge is 2.11. The van der Waals surface area contributed by atoms with Crippen LogP contribution in [-0.2, 0) is 4.74 Å². The Labute approximate surface area is 373 Å². The molecular formula is C47H47N11O7. The van der Waals surface area contributed by atoms with Gasteiger partial charge in [0.2, 0.25) is 17.8 Å². The number of carbonyl (C=O) groups excluding carboxylic acids is 2. The smallest absolute Gasteiger partial charge is 0.340 e. The maximum Gasteiger partial charge on any atom is 0.340 e. The Morgan fingerprint density at radius 1 is 0.662 bits per heavy atom. The summed E-state index contributed by atoms with van der Waals surface area (Å²) < 4.78 is 20.1. The SMILES string of the molecule is CCOC(=O)c1ccccc1N.COc1ccc(N)c(C(C)=O)c1.COc1ccc2nc(NC#N)nc(C)c2c1.COc1ccc2nc(Nc3nc4ccccc4c(=O)[nH]3)nc(C)c2c1. The maximum atomic E-state index is 12.1. The molecule has 0 saturated heterocycles. The Morgan fingerprint density at radius 2 is 1.18 bits per heavy atom. The molecule has 8 rings (SSSR count). The first-order valence-corrected chi connectivity index (χ1v) is 19.8. The number of aryl methyl sites for hydroxylation is 2. The number of nitriles is 1. The molecule has 18 heteroatoms. The van der Waals surface area contributed by atoms with Crippen molar-refractivity contribution in [3.8, 4) is 23.4 Å². The van der Waals surface area contributed by atoms with Gasteiger partial charge in [-0.05, 0) is 107 Å². The largest absolute Gasteiger partial charge is 0.497 e. The van der Waals surface area contributed by atoms with Gasteiger partial charge in [0.1, 0.15) is 17.2 Å². The Kier molecular flexibility index (Phi) is 16.2. The number of nitrogen functional groups attached to an aromatic ring is 2. The average Bonchev–Trinajstić information content (AvgIpc) is 3.30. The van der Waals surface area contributed by atoms with Crippen molar-refractivity contribution in [1.29, 1.82) is 5.26 Å². The fraction of sp³-hybridized carbons (Fsp3) is 0.170. The van der Waals surface area contributed by atoms with Crippen LogP contribution in [0.15, 0.2) is 108 Å². The number of esters is 1. The summed E-state index contributed by atoms with van der Waals surface area (Å²) in [5.41, 5.74) is 16.6. The number of rotatable bonds is 9. The highest BCUT2D eigenvalue weighted by Crippen LogP contribution is 2.25. The lowest BCUT2D eigenvalue weighted by atomic mass is 10.1. The molecule has 0 aliphatic carbocycles. The van der Waals surface area contributed by atoms with Crippen LogP contribution in [0.4, 0.5) is 29.2 Å². The van der Waals surface area contributed by atoms with Crippen molar-refractivity contribution in [2.24, 2.45) is 0 Å². The lowest BCUT2D eigenvalue weighted by Crippen LogP contribution is -2.12. The Bertz CT molecular complexity index is 3080. The number of nitrogens with zero attached hydrogens (tertiary/aromatic N) is 6. The average molecular weight is 878 g/mol. The summed E-state index contributed by atoms with van der Waals surface area (Å²) in [7, 11) is 4.79. The van der Waals surface area contributed by atoms with Crippen molar-refractivity contribution in [3.63, 3.8) is 0 Å². The van der Waals surface area contributed by atoms with E-state index in [2.05, 4.69) is 40.5 Å². The number of benzene rings is 5. The molecule has 0 fully saturated rings. The van der Waals surface area contributed by atoms with Gasteiger partial charge in [-0.3, -0.25) is 25.2 Å². The van der Waals surface area contributed by atoms with E-state index in [1.807, 2.05) is 56.3 Å². The van der Waals surface area contributed by atoms with Crippen LogP contribution < -0.4 is 41.9 Å². The minimum Gasteiger partial charge on any atom is -0.497 e. The number of carbonyl (C=O) groups is 2. The first kappa shape index (κ1) is 47.2. The van der Waals surface area contributed by atoms with Gasteiger partial charge in [-0.15, -0.1) is 0 Å². The van der Waals surface area contributed by atoms with E-state index in [4.69, 9.17) is 35.7 Å². The first-order chi connectivity index (χ1) is 31.3. The monoisotopic (exact) mass is 877 g/mol. The van der Waals surface area contributed by atoms with Gasteiger partial charge in [0.05, 0.1) is 66.8 Å². The summed E-state index contributed by atoms with van der Waals surface area (Å²) in [6, 6.07) is 30.2. The van der Waals surface area contributed by atoms with Gasteiger partial charge in [-0.25, -0.2) is 29.7 Å². The number of ether oxygens (including phenoxy) is 4. The third-order valence-electron chi connectivity index (χ3n) is 9.29. The number of aromatic amines is 1. The fourth-order valence-corrected chi connectivity index (χ4v) is 6.05. The number of anilines is 5. The summed E-state index contributed by atoms with van der Waals surface area (Å²) in [4.78, 5) is 58.7. The van der Waals surface area contributed by atoms with Crippen LogP contribution in [0.2, 0.25) is 0 Å². The zero-order valence-electron chi connectivity index (χ0n) is 36.7. The number of ketones is 1. The predicted octanol–water partition coefficient (Wildman–Crippen LogP) is 7.69. The maximum absolute atomic E-state index is 12.1. The van der Waals surface area contributed by atoms with Crippen molar-refractivity contribution < 1.29 is 28.5 Å². The third-order valence-corrected chi connectivity index (χ3v) is 9.29. The second-order valence-electron chi connectivity index (χ2n) is 13.6. The van der Waals surface area contributed by atoms with Gasteiger partial charge in [0.15, 0.2) is 12.0 Å². The van der Waals surface area contributed by atoms with Crippen LogP contribution >= 0.6 is 0 Å². The number of nitrogens with two attached hydrogens (primary N) is 2. The quantitative estimate of drug-likeness (QED) is 0.0306. The molecule has 0 unspecified atom stereocenters. The first-order valence-electron chi connectivity index (χ1n) is 19.8. The van der Waals surface area contributed by atoms with E-state index in [0.717, 1.165) is 44.7 Å². The fourth-order valence-electron chi connectivity index (χ4n) is 6.05. The molecule has 0 aliphatic heterocycles. The van der Waals surface area contributed by atoms with Crippen molar-refractivity contribution in [2.45, 2.75) is 27.7 Å². The van der Waals surface area contributed by atoms with Gasteiger partial charge in [-0.1, -0.05) is 24.3 Å².